The van der Waals surface area contributed by atoms with Crippen molar-refractivity contribution in [1.82, 2.24) is 5.43 Å². The molecule has 1 atom stereocenters. The molecule has 0 aliphatic rings. The number of hydrogen-bond donors (Lipinski definition) is 3. The van der Waals surface area contributed by atoms with Gasteiger partial charge in [0.25, 0.3) is 0 Å². The lowest BCUT2D eigenvalue weighted by molar-refractivity contribution is -0.120. The zero-order chi connectivity index (χ0) is 14.5. The maximum absolute atomic E-state index is 11.8. The van der Waals surface area contributed by atoms with E-state index in [9.17, 15) is 9.90 Å². The normalized spacial score (nSPS) is 12.3. The quantitative estimate of drug-likeness (QED) is 0.342. The summed E-state index contributed by atoms with van der Waals surface area (Å²) in [6.07, 6.45) is 1.66. The van der Waals surface area contributed by atoms with Crippen LogP contribution < -0.4 is 11.3 Å². The van der Waals surface area contributed by atoms with Gasteiger partial charge < -0.3 is 5.11 Å². The summed E-state index contributed by atoms with van der Waals surface area (Å²) in [5.74, 6) is 5.32. The lowest BCUT2D eigenvalue weighted by Gasteiger charge is -2.15. The number of carbonyl (C=O) groups excluding carboxylic acids is 1. The molecule has 2 aromatic rings. The molecule has 106 valence electrons. The third-order valence-electron chi connectivity index (χ3n) is 3.12. The number of nitrogens with two attached hydrogens (primary N) is 1. The number of hydrogen-bond acceptors (Lipinski definition) is 4. The molecule has 5 heteroatoms. The fourth-order valence-corrected chi connectivity index (χ4v) is 3.40. The first kappa shape index (κ1) is 14.7. The lowest BCUT2D eigenvalue weighted by Crippen LogP contribution is -2.37. The molecule has 2 rings (SSSR count). The molecule has 4 N–H and O–H groups in total. The molecule has 0 aliphatic carbocycles. The van der Waals surface area contributed by atoms with Crippen molar-refractivity contribution in [2.45, 2.75) is 29.9 Å². The molecule has 0 saturated heterocycles. The molecular weight excluding hydrogens is 272 g/mol. The smallest absolute Gasteiger partial charge is 0.247 e. The number of amides is 1. The number of nitrogens with one attached hydrogen (secondary N) is 1. The van der Waals surface area contributed by atoms with Crippen LogP contribution in [0.15, 0.2) is 41.3 Å². The van der Waals surface area contributed by atoms with Crippen LogP contribution in [-0.4, -0.2) is 16.3 Å². The Morgan fingerprint density at radius 2 is 2.00 bits per heavy atom. The number of benzene rings is 2. The molecule has 2 aromatic carbocycles. The first-order valence-electron chi connectivity index (χ1n) is 6.55. The van der Waals surface area contributed by atoms with E-state index in [4.69, 9.17) is 5.84 Å². The Bertz CT molecular complexity index is 616. The summed E-state index contributed by atoms with van der Waals surface area (Å²) in [7, 11) is 0. The van der Waals surface area contributed by atoms with Gasteiger partial charge in [0.05, 0.1) is 5.25 Å². The van der Waals surface area contributed by atoms with Gasteiger partial charge in [-0.25, -0.2) is 5.84 Å². The van der Waals surface area contributed by atoms with Crippen LogP contribution in [0.3, 0.4) is 0 Å². The molecule has 1 amide bonds. The van der Waals surface area contributed by atoms with Crippen LogP contribution in [0.1, 0.15) is 19.8 Å². The minimum atomic E-state index is -0.224. The van der Waals surface area contributed by atoms with Gasteiger partial charge in [0.15, 0.2) is 0 Å². The molecule has 0 bridgehead atoms. The van der Waals surface area contributed by atoms with Crippen molar-refractivity contribution in [3.63, 3.8) is 0 Å². The molecule has 0 saturated carbocycles. The van der Waals surface area contributed by atoms with Gasteiger partial charge >= 0.3 is 0 Å². The van der Waals surface area contributed by atoms with Crippen LogP contribution in [-0.2, 0) is 4.79 Å². The fourth-order valence-electron chi connectivity index (χ4n) is 2.11. The molecule has 0 fully saturated rings. The van der Waals surface area contributed by atoms with E-state index in [1.807, 2.05) is 37.3 Å². The predicted molar refractivity (Wildman–Crippen MR) is 82.5 cm³/mol. The first-order valence-corrected chi connectivity index (χ1v) is 7.43. The van der Waals surface area contributed by atoms with Crippen LogP contribution in [0.5, 0.6) is 5.75 Å². The Morgan fingerprint density at radius 1 is 1.30 bits per heavy atom. The summed E-state index contributed by atoms with van der Waals surface area (Å²) in [4.78, 5) is 12.8. The molecule has 1 unspecified atom stereocenters. The highest BCUT2D eigenvalue weighted by molar-refractivity contribution is 8.00. The summed E-state index contributed by atoms with van der Waals surface area (Å²) in [5, 5.41) is 11.4. The molecule has 0 heterocycles. The van der Waals surface area contributed by atoms with E-state index in [1.54, 1.807) is 6.07 Å². The highest BCUT2D eigenvalue weighted by Crippen LogP contribution is 2.36. The summed E-state index contributed by atoms with van der Waals surface area (Å²) in [5.41, 5.74) is 2.22. The predicted octanol–water partition coefficient (Wildman–Crippen LogP) is 2.80. The van der Waals surface area contributed by atoms with Crippen LogP contribution in [0.4, 0.5) is 0 Å². The average Bonchev–Trinajstić information content (AvgIpc) is 2.49. The minimum absolute atomic E-state index is 0.172. The number of phenols is 1. The molecule has 0 aromatic heterocycles. The van der Waals surface area contributed by atoms with Gasteiger partial charge in [0.1, 0.15) is 5.75 Å². The number of carbonyl (C=O) groups is 1. The summed E-state index contributed by atoms with van der Waals surface area (Å²) >= 11 is 1.48. The Hall–Kier alpha value is -1.72. The highest BCUT2D eigenvalue weighted by Gasteiger charge is 2.19. The van der Waals surface area contributed by atoms with Crippen molar-refractivity contribution >= 4 is 28.4 Å². The SMILES string of the molecule is CCCC(Sc1ccc(O)c2ccccc12)C(=O)NN. The van der Waals surface area contributed by atoms with Crippen LogP contribution >= 0.6 is 11.8 Å². The third kappa shape index (κ3) is 3.05. The van der Waals surface area contributed by atoms with E-state index in [-0.39, 0.29) is 16.9 Å². The zero-order valence-corrected chi connectivity index (χ0v) is 12.1. The summed E-state index contributed by atoms with van der Waals surface area (Å²) < 4.78 is 0. The van der Waals surface area contributed by atoms with E-state index < -0.39 is 0 Å². The van der Waals surface area contributed by atoms with Crippen LogP contribution in [0, 0.1) is 0 Å². The molecule has 0 spiro atoms. The largest absolute Gasteiger partial charge is 0.507 e. The Kier molecular flexibility index (Phi) is 4.87. The van der Waals surface area contributed by atoms with Crippen molar-refractivity contribution < 1.29 is 9.90 Å². The molecule has 20 heavy (non-hydrogen) atoms. The minimum Gasteiger partial charge on any atom is -0.507 e. The van der Waals surface area contributed by atoms with Gasteiger partial charge in [-0.3, -0.25) is 10.2 Å². The molecule has 0 aliphatic heterocycles. The number of fused-ring (bicyclic) bond motifs is 1. The summed E-state index contributed by atoms with van der Waals surface area (Å²) in [6, 6.07) is 11.1. The second kappa shape index (κ2) is 6.63. The zero-order valence-electron chi connectivity index (χ0n) is 11.3. The van der Waals surface area contributed by atoms with Crippen LogP contribution in [0.25, 0.3) is 10.8 Å². The van der Waals surface area contributed by atoms with Crippen molar-refractivity contribution in [3.05, 3.63) is 36.4 Å². The molecule has 4 nitrogen and oxygen atoms in total. The Balaban J connectivity index is 2.37. The maximum atomic E-state index is 11.8. The van der Waals surface area contributed by atoms with E-state index in [2.05, 4.69) is 5.43 Å². The number of phenolic OH excluding ortho intramolecular Hbond substituents is 1. The third-order valence-corrected chi connectivity index (χ3v) is 4.46. The second-order valence-electron chi connectivity index (χ2n) is 4.53. The topological polar surface area (TPSA) is 75.3 Å². The van der Waals surface area contributed by atoms with Gasteiger partial charge in [0.2, 0.25) is 5.91 Å². The van der Waals surface area contributed by atoms with E-state index >= 15 is 0 Å². The van der Waals surface area contributed by atoms with E-state index in [0.29, 0.717) is 0 Å². The lowest BCUT2D eigenvalue weighted by atomic mass is 10.1. The van der Waals surface area contributed by atoms with Crippen molar-refractivity contribution in [2.24, 2.45) is 5.84 Å². The maximum Gasteiger partial charge on any atom is 0.247 e. The molecule has 0 radical (unpaired) electrons. The van der Waals surface area contributed by atoms with Gasteiger partial charge in [-0.05, 0) is 23.9 Å². The number of aromatic hydroxyl groups is 1. The van der Waals surface area contributed by atoms with Crippen LogP contribution in [0.2, 0.25) is 0 Å². The van der Waals surface area contributed by atoms with E-state index in [1.165, 1.54) is 11.8 Å². The second-order valence-corrected chi connectivity index (χ2v) is 5.78. The molecular formula is C15H18N2O2S. The van der Waals surface area contributed by atoms with Gasteiger partial charge in [-0.15, -0.1) is 11.8 Å². The summed E-state index contributed by atoms with van der Waals surface area (Å²) in [6.45, 7) is 2.03. The van der Waals surface area contributed by atoms with Gasteiger partial charge in [-0.1, -0.05) is 37.6 Å². The monoisotopic (exact) mass is 290 g/mol. The Morgan fingerprint density at radius 3 is 2.65 bits per heavy atom. The first-order chi connectivity index (χ1) is 9.67. The fraction of sp³-hybridized carbons (Fsp3) is 0.267. The average molecular weight is 290 g/mol. The number of hydrazine groups is 1. The van der Waals surface area contributed by atoms with Crippen molar-refractivity contribution in [1.29, 1.82) is 0 Å². The van der Waals surface area contributed by atoms with Gasteiger partial charge in [-0.2, -0.15) is 0 Å². The van der Waals surface area contributed by atoms with Crippen molar-refractivity contribution in [3.8, 4) is 5.75 Å². The highest BCUT2D eigenvalue weighted by atomic mass is 32.2. The standard InChI is InChI=1S/C15H18N2O2S/c1-2-5-14(15(19)17-16)20-13-9-8-12(18)10-6-3-4-7-11(10)13/h3-4,6-9,14,18H,2,5,16H2,1H3,(H,17,19). The number of thioether (sulfide) groups is 1. The van der Waals surface area contributed by atoms with Gasteiger partial charge in [0, 0.05) is 10.3 Å². The van der Waals surface area contributed by atoms with Crippen molar-refractivity contribution in [2.75, 3.05) is 0 Å². The van der Waals surface area contributed by atoms with E-state index in [0.717, 1.165) is 28.5 Å². The Labute approximate surface area is 122 Å². The number of rotatable bonds is 5.